The number of hydrogen-bond donors (Lipinski definition) is 1. The van der Waals surface area contributed by atoms with Gasteiger partial charge in [-0.05, 0) is 32.2 Å². The third kappa shape index (κ3) is 2.96. The summed E-state index contributed by atoms with van der Waals surface area (Å²) in [6.07, 6.45) is 3.51. The third-order valence-corrected chi connectivity index (χ3v) is 5.88. The molecule has 1 heterocycles. The van der Waals surface area contributed by atoms with Crippen molar-refractivity contribution >= 4 is 10.0 Å². The minimum absolute atomic E-state index is 0.145. The van der Waals surface area contributed by atoms with Gasteiger partial charge >= 0.3 is 0 Å². The fourth-order valence-corrected chi connectivity index (χ4v) is 4.30. The summed E-state index contributed by atoms with van der Waals surface area (Å²) in [7, 11) is -1.39. The van der Waals surface area contributed by atoms with E-state index in [4.69, 9.17) is 0 Å². The first-order valence-corrected chi connectivity index (χ1v) is 7.71. The van der Waals surface area contributed by atoms with Gasteiger partial charge in [0.15, 0.2) is 0 Å². The molecule has 16 heavy (non-hydrogen) atoms. The Morgan fingerprint density at radius 2 is 2.00 bits per heavy atom. The zero-order valence-corrected chi connectivity index (χ0v) is 11.4. The van der Waals surface area contributed by atoms with Gasteiger partial charge in [-0.3, -0.25) is 0 Å². The van der Waals surface area contributed by atoms with E-state index in [9.17, 15) is 8.42 Å². The predicted molar refractivity (Wildman–Crippen MR) is 66.9 cm³/mol. The monoisotopic (exact) mass is 248 g/mol. The third-order valence-electron chi connectivity index (χ3n) is 3.53. The molecule has 0 aliphatic carbocycles. The number of hydrogen-bond acceptors (Lipinski definition) is 3. The molecule has 1 fully saturated rings. The van der Waals surface area contributed by atoms with Gasteiger partial charge in [-0.25, -0.2) is 12.7 Å². The molecule has 1 aliphatic heterocycles. The smallest absolute Gasteiger partial charge is 0.218 e. The van der Waals surface area contributed by atoms with Gasteiger partial charge in [0.25, 0.3) is 0 Å². The molecular weight excluding hydrogens is 224 g/mol. The highest BCUT2D eigenvalue weighted by Crippen LogP contribution is 2.19. The molecule has 0 bridgehead atoms. The van der Waals surface area contributed by atoms with Crippen LogP contribution in [0.25, 0.3) is 0 Å². The maximum Gasteiger partial charge on any atom is 0.218 e. The van der Waals surface area contributed by atoms with Crippen molar-refractivity contribution in [2.45, 2.75) is 50.8 Å². The van der Waals surface area contributed by atoms with Crippen LogP contribution < -0.4 is 5.32 Å². The molecule has 96 valence electrons. The van der Waals surface area contributed by atoms with Crippen molar-refractivity contribution in [2.75, 3.05) is 20.1 Å². The van der Waals surface area contributed by atoms with Crippen molar-refractivity contribution in [2.24, 2.45) is 0 Å². The van der Waals surface area contributed by atoms with Crippen molar-refractivity contribution in [1.29, 1.82) is 0 Å². The summed E-state index contributed by atoms with van der Waals surface area (Å²) in [6.45, 7) is 5.63. The lowest BCUT2D eigenvalue weighted by atomic mass is 10.2. The maximum atomic E-state index is 12.3. The summed E-state index contributed by atoms with van der Waals surface area (Å²) >= 11 is 0. The number of nitrogens with zero attached hydrogens (tertiary/aromatic N) is 1. The van der Waals surface area contributed by atoms with Gasteiger partial charge in [-0.15, -0.1) is 0 Å². The highest BCUT2D eigenvalue weighted by Gasteiger charge is 2.33. The Kier molecular flexibility index (Phi) is 5.21. The van der Waals surface area contributed by atoms with E-state index in [0.29, 0.717) is 6.54 Å². The first-order valence-electron chi connectivity index (χ1n) is 6.21. The molecule has 5 heteroatoms. The van der Waals surface area contributed by atoms with Crippen LogP contribution in [-0.2, 0) is 10.0 Å². The molecule has 0 radical (unpaired) electrons. The molecule has 1 unspecified atom stereocenters. The van der Waals surface area contributed by atoms with Crippen LogP contribution in [0.3, 0.4) is 0 Å². The van der Waals surface area contributed by atoms with Gasteiger partial charge in [0, 0.05) is 19.6 Å². The zero-order valence-electron chi connectivity index (χ0n) is 10.6. The molecule has 0 aromatic carbocycles. The molecule has 1 rings (SSSR count). The lowest BCUT2D eigenvalue weighted by Gasteiger charge is -2.31. The second-order valence-electron chi connectivity index (χ2n) is 4.50. The minimum atomic E-state index is -3.11. The summed E-state index contributed by atoms with van der Waals surface area (Å²) in [4.78, 5) is 0. The van der Waals surface area contributed by atoms with Crippen molar-refractivity contribution in [3.05, 3.63) is 0 Å². The van der Waals surface area contributed by atoms with E-state index >= 15 is 0 Å². The van der Waals surface area contributed by atoms with Gasteiger partial charge in [0.2, 0.25) is 10.0 Å². The van der Waals surface area contributed by atoms with E-state index in [1.54, 1.807) is 11.4 Å². The second kappa shape index (κ2) is 5.98. The lowest BCUT2D eigenvalue weighted by Crippen LogP contribution is -2.47. The number of nitrogens with one attached hydrogen (secondary N) is 1. The number of rotatable bonds is 5. The molecule has 0 saturated carbocycles. The molecule has 0 aromatic rings. The second-order valence-corrected chi connectivity index (χ2v) is 6.77. The number of piperidine rings is 1. The van der Waals surface area contributed by atoms with Crippen LogP contribution in [0.15, 0.2) is 0 Å². The Balaban J connectivity index is 2.74. The van der Waals surface area contributed by atoms with Gasteiger partial charge in [-0.1, -0.05) is 13.8 Å². The fourth-order valence-electron chi connectivity index (χ4n) is 2.32. The van der Waals surface area contributed by atoms with Crippen LogP contribution in [0.1, 0.15) is 39.5 Å². The molecule has 1 saturated heterocycles. The Labute approximate surface area is 99.5 Å². The zero-order chi connectivity index (χ0) is 12.2. The van der Waals surface area contributed by atoms with E-state index in [-0.39, 0.29) is 11.3 Å². The lowest BCUT2D eigenvalue weighted by molar-refractivity contribution is 0.339. The van der Waals surface area contributed by atoms with Gasteiger partial charge in [0.05, 0.1) is 5.25 Å². The van der Waals surface area contributed by atoms with Crippen molar-refractivity contribution in [3.8, 4) is 0 Å². The maximum absolute atomic E-state index is 12.3. The molecule has 0 amide bonds. The van der Waals surface area contributed by atoms with Crippen LogP contribution in [0, 0.1) is 0 Å². The molecule has 1 atom stereocenters. The topological polar surface area (TPSA) is 49.4 Å². The predicted octanol–water partition coefficient (Wildman–Crippen LogP) is 1.19. The average Bonchev–Trinajstić information content (AvgIpc) is 2.31. The van der Waals surface area contributed by atoms with Crippen LogP contribution >= 0.6 is 0 Å². The van der Waals surface area contributed by atoms with Crippen LogP contribution in [0.5, 0.6) is 0 Å². The Hall–Kier alpha value is -0.130. The quantitative estimate of drug-likeness (QED) is 0.795. The van der Waals surface area contributed by atoms with E-state index in [2.05, 4.69) is 5.32 Å². The summed E-state index contributed by atoms with van der Waals surface area (Å²) in [6, 6.07) is 0.145. The van der Waals surface area contributed by atoms with Crippen LogP contribution in [0.2, 0.25) is 0 Å². The summed E-state index contributed by atoms with van der Waals surface area (Å²) in [5, 5.41) is 2.94. The normalized spacial score (nSPS) is 22.9. The largest absolute Gasteiger partial charge is 0.315 e. The molecule has 0 aromatic heterocycles. The van der Waals surface area contributed by atoms with Gasteiger partial charge in [0.1, 0.15) is 0 Å². The summed E-state index contributed by atoms with van der Waals surface area (Å²) in [5.41, 5.74) is 0. The Morgan fingerprint density at radius 1 is 1.38 bits per heavy atom. The average molecular weight is 248 g/mol. The highest BCUT2D eigenvalue weighted by atomic mass is 32.2. The number of sulfonamides is 1. The summed E-state index contributed by atoms with van der Waals surface area (Å²) < 4.78 is 26.2. The van der Waals surface area contributed by atoms with Gasteiger partial charge < -0.3 is 5.32 Å². The van der Waals surface area contributed by atoms with Crippen molar-refractivity contribution in [1.82, 2.24) is 9.62 Å². The minimum Gasteiger partial charge on any atom is -0.315 e. The molecule has 0 spiro atoms. The molecular formula is C11H24N2O2S. The molecule has 4 nitrogen and oxygen atoms in total. The van der Waals surface area contributed by atoms with E-state index in [1.165, 1.54) is 0 Å². The highest BCUT2D eigenvalue weighted by molar-refractivity contribution is 7.89. The SMILES string of the molecule is CCC(CC)N(C)S(=O)(=O)C1CCCNC1. The summed E-state index contributed by atoms with van der Waals surface area (Å²) in [5.74, 6) is 0. The van der Waals surface area contributed by atoms with E-state index < -0.39 is 10.0 Å². The van der Waals surface area contributed by atoms with Crippen LogP contribution in [-0.4, -0.2) is 44.2 Å². The molecule has 1 N–H and O–H groups in total. The van der Waals surface area contributed by atoms with Crippen LogP contribution in [0.4, 0.5) is 0 Å². The Bertz CT molecular complexity index is 293. The first-order chi connectivity index (χ1) is 7.54. The van der Waals surface area contributed by atoms with E-state index in [0.717, 1.165) is 32.2 Å². The van der Waals surface area contributed by atoms with Crippen molar-refractivity contribution in [3.63, 3.8) is 0 Å². The Morgan fingerprint density at radius 3 is 2.44 bits per heavy atom. The van der Waals surface area contributed by atoms with E-state index in [1.807, 2.05) is 13.8 Å². The first kappa shape index (κ1) is 13.9. The standard InChI is InChI=1S/C11H24N2O2S/c1-4-10(5-2)13(3)16(14,15)11-7-6-8-12-9-11/h10-12H,4-9H2,1-3H3. The van der Waals surface area contributed by atoms with Gasteiger partial charge in [-0.2, -0.15) is 0 Å². The fraction of sp³-hybridized carbons (Fsp3) is 1.00. The van der Waals surface area contributed by atoms with Crippen molar-refractivity contribution < 1.29 is 8.42 Å². The molecule has 1 aliphatic rings.